The molecule has 1 aliphatic rings. The van der Waals surface area contributed by atoms with Gasteiger partial charge in [0.15, 0.2) is 0 Å². The molecule has 1 fully saturated rings. The Balaban J connectivity index is 2.49. The van der Waals surface area contributed by atoms with Crippen molar-refractivity contribution in [1.82, 2.24) is 0 Å². The van der Waals surface area contributed by atoms with Crippen LogP contribution in [0.25, 0.3) is 0 Å². The summed E-state index contributed by atoms with van der Waals surface area (Å²) in [5.74, 6) is 1.42. The fourth-order valence-electron chi connectivity index (χ4n) is 1.02. The molecule has 1 saturated heterocycles. The Kier molecular flexibility index (Phi) is 2.78. The summed E-state index contributed by atoms with van der Waals surface area (Å²) in [7, 11) is 0. The molecule has 1 aliphatic heterocycles. The Morgan fingerprint density at radius 3 is 3.00 bits per heavy atom. The van der Waals surface area contributed by atoms with E-state index in [1.54, 1.807) is 18.7 Å². The predicted molar refractivity (Wildman–Crippen MR) is 45.5 cm³/mol. The van der Waals surface area contributed by atoms with Crippen molar-refractivity contribution in [2.45, 2.75) is 18.9 Å². The van der Waals surface area contributed by atoms with Gasteiger partial charge in [0.2, 0.25) is 0 Å². The van der Waals surface area contributed by atoms with Gasteiger partial charge in [-0.05, 0) is 19.1 Å². The Morgan fingerprint density at radius 2 is 2.55 bits per heavy atom. The second kappa shape index (κ2) is 3.45. The SMILES string of the molecule is CCOC(=O)C1(N)CCSC1. The lowest BCUT2D eigenvalue weighted by Gasteiger charge is -2.19. The molecule has 4 heteroatoms. The van der Waals surface area contributed by atoms with E-state index in [4.69, 9.17) is 10.5 Å². The van der Waals surface area contributed by atoms with Crippen molar-refractivity contribution >= 4 is 17.7 Å². The lowest BCUT2D eigenvalue weighted by atomic mass is 10.0. The van der Waals surface area contributed by atoms with E-state index in [1.807, 2.05) is 0 Å². The van der Waals surface area contributed by atoms with Crippen molar-refractivity contribution in [3.63, 3.8) is 0 Å². The van der Waals surface area contributed by atoms with E-state index in [0.29, 0.717) is 12.4 Å². The summed E-state index contributed by atoms with van der Waals surface area (Å²) < 4.78 is 4.85. The Morgan fingerprint density at radius 1 is 1.82 bits per heavy atom. The number of nitrogens with two attached hydrogens (primary N) is 1. The van der Waals surface area contributed by atoms with Crippen LogP contribution in [0.5, 0.6) is 0 Å². The van der Waals surface area contributed by atoms with E-state index in [1.165, 1.54) is 0 Å². The highest BCUT2D eigenvalue weighted by molar-refractivity contribution is 7.99. The van der Waals surface area contributed by atoms with E-state index in [9.17, 15) is 4.79 Å². The first kappa shape index (κ1) is 8.87. The third-order valence-corrected chi connectivity index (χ3v) is 2.95. The molecule has 1 heterocycles. The van der Waals surface area contributed by atoms with Gasteiger partial charge in [0, 0.05) is 5.75 Å². The van der Waals surface area contributed by atoms with Gasteiger partial charge in [0.1, 0.15) is 5.54 Å². The molecule has 0 bridgehead atoms. The fourth-order valence-corrected chi connectivity index (χ4v) is 2.30. The first-order valence-corrected chi connectivity index (χ1v) is 4.88. The molecule has 0 amide bonds. The molecule has 1 atom stereocenters. The van der Waals surface area contributed by atoms with Crippen LogP contribution < -0.4 is 5.73 Å². The van der Waals surface area contributed by atoms with Gasteiger partial charge in [0.25, 0.3) is 0 Å². The molecule has 64 valence electrons. The smallest absolute Gasteiger partial charge is 0.326 e. The van der Waals surface area contributed by atoms with Gasteiger partial charge in [0.05, 0.1) is 6.61 Å². The normalized spacial score (nSPS) is 30.4. The third kappa shape index (κ3) is 1.87. The van der Waals surface area contributed by atoms with Crippen LogP contribution in [0.3, 0.4) is 0 Å². The number of hydrogen-bond acceptors (Lipinski definition) is 4. The van der Waals surface area contributed by atoms with Gasteiger partial charge in [-0.2, -0.15) is 11.8 Å². The van der Waals surface area contributed by atoms with E-state index in [2.05, 4.69) is 0 Å². The summed E-state index contributed by atoms with van der Waals surface area (Å²) in [6.45, 7) is 2.21. The zero-order valence-corrected chi connectivity index (χ0v) is 7.45. The topological polar surface area (TPSA) is 52.3 Å². The summed E-state index contributed by atoms with van der Waals surface area (Å²) in [5.41, 5.74) is 5.10. The monoisotopic (exact) mass is 175 g/mol. The highest BCUT2D eigenvalue weighted by Crippen LogP contribution is 2.26. The van der Waals surface area contributed by atoms with Gasteiger partial charge >= 0.3 is 5.97 Å². The van der Waals surface area contributed by atoms with Crippen LogP contribution in [0.2, 0.25) is 0 Å². The number of hydrogen-bond donors (Lipinski definition) is 1. The van der Waals surface area contributed by atoms with Crippen LogP contribution in [-0.4, -0.2) is 29.6 Å². The van der Waals surface area contributed by atoms with Crippen molar-refractivity contribution in [1.29, 1.82) is 0 Å². The summed E-state index contributed by atoms with van der Waals surface area (Å²) in [5, 5.41) is 0. The average Bonchev–Trinajstić information content (AvgIpc) is 2.38. The Bertz CT molecular complexity index is 155. The van der Waals surface area contributed by atoms with Crippen LogP contribution in [-0.2, 0) is 9.53 Å². The molecule has 0 saturated carbocycles. The highest BCUT2D eigenvalue weighted by Gasteiger charge is 2.38. The van der Waals surface area contributed by atoms with E-state index < -0.39 is 5.54 Å². The van der Waals surface area contributed by atoms with Gasteiger partial charge in [-0.25, -0.2) is 0 Å². The zero-order chi connectivity index (χ0) is 8.32. The predicted octanol–water partition coefficient (Wildman–Crippen LogP) is 0.384. The third-order valence-electron chi connectivity index (χ3n) is 1.73. The number of esters is 1. The van der Waals surface area contributed by atoms with Crippen molar-refractivity contribution in [3.8, 4) is 0 Å². The molecule has 1 unspecified atom stereocenters. The lowest BCUT2D eigenvalue weighted by Crippen LogP contribution is -2.49. The zero-order valence-electron chi connectivity index (χ0n) is 6.63. The summed E-state index contributed by atoms with van der Waals surface area (Å²) in [6, 6.07) is 0. The molecule has 0 aromatic rings. The maximum Gasteiger partial charge on any atom is 0.326 e. The quantitative estimate of drug-likeness (QED) is 0.617. The van der Waals surface area contributed by atoms with Crippen molar-refractivity contribution in [2.24, 2.45) is 5.73 Å². The van der Waals surface area contributed by atoms with Gasteiger partial charge < -0.3 is 10.5 Å². The Hall–Kier alpha value is -0.220. The molecule has 0 aliphatic carbocycles. The minimum atomic E-state index is -0.694. The molecular weight excluding hydrogens is 162 g/mol. The largest absolute Gasteiger partial charge is 0.465 e. The van der Waals surface area contributed by atoms with Gasteiger partial charge in [-0.1, -0.05) is 0 Å². The number of carbonyl (C=O) groups is 1. The van der Waals surface area contributed by atoms with Crippen LogP contribution in [0.4, 0.5) is 0 Å². The number of carbonyl (C=O) groups excluding carboxylic acids is 1. The lowest BCUT2D eigenvalue weighted by molar-refractivity contribution is -0.148. The molecule has 3 nitrogen and oxygen atoms in total. The van der Waals surface area contributed by atoms with Gasteiger partial charge in [-0.15, -0.1) is 0 Å². The van der Waals surface area contributed by atoms with Crippen LogP contribution in [0.15, 0.2) is 0 Å². The van der Waals surface area contributed by atoms with Crippen molar-refractivity contribution in [2.75, 3.05) is 18.1 Å². The molecule has 0 radical (unpaired) electrons. The molecular formula is C7H13NO2S. The van der Waals surface area contributed by atoms with E-state index in [0.717, 1.165) is 12.2 Å². The number of rotatable bonds is 2. The molecule has 0 spiro atoms. The molecule has 0 aromatic heterocycles. The molecule has 1 rings (SSSR count). The summed E-state index contributed by atoms with van der Waals surface area (Å²) in [6.07, 6.45) is 0.747. The highest BCUT2D eigenvalue weighted by atomic mass is 32.2. The molecule has 0 aromatic carbocycles. The minimum Gasteiger partial charge on any atom is -0.465 e. The maximum atomic E-state index is 11.2. The first-order chi connectivity index (χ1) is 5.19. The second-order valence-electron chi connectivity index (χ2n) is 2.68. The number of thioether (sulfide) groups is 1. The van der Waals surface area contributed by atoms with E-state index >= 15 is 0 Å². The van der Waals surface area contributed by atoms with Crippen molar-refractivity contribution in [3.05, 3.63) is 0 Å². The first-order valence-electron chi connectivity index (χ1n) is 3.73. The summed E-state index contributed by atoms with van der Waals surface area (Å²) in [4.78, 5) is 11.2. The minimum absolute atomic E-state index is 0.245. The molecule has 2 N–H and O–H groups in total. The van der Waals surface area contributed by atoms with Crippen molar-refractivity contribution < 1.29 is 9.53 Å². The molecule has 11 heavy (non-hydrogen) atoms. The van der Waals surface area contributed by atoms with Crippen LogP contribution in [0.1, 0.15) is 13.3 Å². The average molecular weight is 175 g/mol. The van der Waals surface area contributed by atoms with Crippen LogP contribution in [0, 0.1) is 0 Å². The summed E-state index contributed by atoms with van der Waals surface area (Å²) >= 11 is 1.71. The Labute approximate surface area is 70.7 Å². The van der Waals surface area contributed by atoms with Crippen LogP contribution >= 0.6 is 11.8 Å². The van der Waals surface area contributed by atoms with E-state index in [-0.39, 0.29) is 5.97 Å². The van der Waals surface area contributed by atoms with Gasteiger partial charge in [-0.3, -0.25) is 4.79 Å². The standard InChI is InChI=1S/C7H13NO2S/c1-2-10-6(9)7(8)3-4-11-5-7/h2-5,8H2,1H3. The second-order valence-corrected chi connectivity index (χ2v) is 3.78. The fraction of sp³-hybridized carbons (Fsp3) is 0.857. The number of ether oxygens (including phenoxy) is 1. The maximum absolute atomic E-state index is 11.2.